The molecule has 1 fully saturated rings. The summed E-state index contributed by atoms with van der Waals surface area (Å²) < 4.78 is 0. The van der Waals surface area contributed by atoms with Gasteiger partial charge in [0.05, 0.1) is 16.8 Å². The quantitative estimate of drug-likeness (QED) is 0.558. The van der Waals surface area contributed by atoms with Gasteiger partial charge in [0.2, 0.25) is 5.91 Å². The van der Waals surface area contributed by atoms with Crippen molar-refractivity contribution in [1.82, 2.24) is 25.3 Å². The Morgan fingerprint density at radius 2 is 1.97 bits per heavy atom. The average Bonchev–Trinajstić information content (AvgIpc) is 3.40. The molecule has 0 bridgehead atoms. The second-order valence-corrected chi connectivity index (χ2v) is 8.85. The summed E-state index contributed by atoms with van der Waals surface area (Å²) in [7, 11) is 0. The van der Waals surface area contributed by atoms with Crippen molar-refractivity contribution >= 4 is 22.7 Å². The van der Waals surface area contributed by atoms with E-state index in [1.54, 1.807) is 17.0 Å². The van der Waals surface area contributed by atoms with Crippen LogP contribution < -0.4 is 5.32 Å². The van der Waals surface area contributed by atoms with Crippen molar-refractivity contribution in [3.63, 3.8) is 0 Å². The molecule has 1 atom stereocenters. The maximum absolute atomic E-state index is 13.7. The molecular weight excluding hydrogens is 418 g/mol. The first-order valence-electron chi connectivity index (χ1n) is 11.7. The minimum Gasteiger partial charge on any atom is -0.507 e. The van der Waals surface area contributed by atoms with Gasteiger partial charge in [-0.1, -0.05) is 30.7 Å². The Kier molecular flexibility index (Phi) is 5.76. The number of H-pyrrole nitrogens is 1. The van der Waals surface area contributed by atoms with Crippen molar-refractivity contribution in [2.24, 2.45) is 0 Å². The van der Waals surface area contributed by atoms with Gasteiger partial charge in [0.25, 0.3) is 5.91 Å². The maximum atomic E-state index is 13.7. The van der Waals surface area contributed by atoms with Crippen molar-refractivity contribution in [1.29, 1.82) is 0 Å². The van der Waals surface area contributed by atoms with Crippen molar-refractivity contribution in [3.05, 3.63) is 58.8 Å². The molecule has 8 nitrogen and oxygen atoms in total. The van der Waals surface area contributed by atoms with Crippen LogP contribution in [0.4, 0.5) is 0 Å². The molecule has 33 heavy (non-hydrogen) atoms. The van der Waals surface area contributed by atoms with Gasteiger partial charge in [0.1, 0.15) is 11.8 Å². The Morgan fingerprint density at radius 3 is 2.76 bits per heavy atom. The van der Waals surface area contributed by atoms with Crippen LogP contribution in [0.3, 0.4) is 0 Å². The third-order valence-electron chi connectivity index (χ3n) is 6.67. The SMILES string of the molecule is CCNC(=O)C1c2ccccc2CN1C(=O)c1cc2c(CN3CCCCC3)n[nH]c2cc1O. The highest BCUT2D eigenvalue weighted by Crippen LogP contribution is 2.37. The van der Waals surface area contributed by atoms with E-state index in [-0.39, 0.29) is 23.1 Å². The van der Waals surface area contributed by atoms with Crippen LogP contribution in [0.25, 0.3) is 10.9 Å². The number of nitrogens with zero attached hydrogens (tertiary/aromatic N) is 3. The van der Waals surface area contributed by atoms with E-state index >= 15 is 0 Å². The number of hydrogen-bond donors (Lipinski definition) is 3. The highest BCUT2D eigenvalue weighted by atomic mass is 16.3. The molecule has 0 aliphatic carbocycles. The third-order valence-corrected chi connectivity index (χ3v) is 6.67. The van der Waals surface area contributed by atoms with Crippen LogP contribution in [-0.2, 0) is 17.9 Å². The van der Waals surface area contributed by atoms with Crippen LogP contribution in [-0.4, -0.2) is 56.6 Å². The zero-order valence-electron chi connectivity index (χ0n) is 18.8. The monoisotopic (exact) mass is 447 g/mol. The molecule has 3 aromatic rings. The molecule has 3 N–H and O–H groups in total. The lowest BCUT2D eigenvalue weighted by Crippen LogP contribution is -2.39. The number of benzene rings is 2. The summed E-state index contributed by atoms with van der Waals surface area (Å²) in [4.78, 5) is 30.5. The van der Waals surface area contributed by atoms with E-state index in [0.29, 0.717) is 25.2 Å². The van der Waals surface area contributed by atoms with Gasteiger partial charge in [-0.3, -0.25) is 19.6 Å². The first kappa shape index (κ1) is 21.5. The highest BCUT2D eigenvalue weighted by molar-refractivity contribution is 6.03. The summed E-state index contributed by atoms with van der Waals surface area (Å²) in [5.74, 6) is -0.705. The number of nitrogens with one attached hydrogen (secondary N) is 2. The first-order chi connectivity index (χ1) is 16.1. The molecular formula is C25H29N5O3. The second-order valence-electron chi connectivity index (χ2n) is 8.85. The van der Waals surface area contributed by atoms with E-state index in [9.17, 15) is 14.7 Å². The number of piperidine rings is 1. The zero-order valence-corrected chi connectivity index (χ0v) is 18.8. The minimum absolute atomic E-state index is 0.119. The number of aromatic amines is 1. The number of phenolic OH excluding ortho intramolecular Hbond substituents is 1. The molecule has 3 heterocycles. The fourth-order valence-electron chi connectivity index (χ4n) is 5.01. The number of likely N-dealkylation sites (tertiary alicyclic amines) is 1. The van der Waals surface area contributed by atoms with E-state index in [1.165, 1.54) is 19.3 Å². The number of aromatic nitrogens is 2. The van der Waals surface area contributed by atoms with Gasteiger partial charge in [-0.25, -0.2) is 0 Å². The fraction of sp³-hybridized carbons (Fsp3) is 0.400. The van der Waals surface area contributed by atoms with Gasteiger partial charge in [0, 0.05) is 31.1 Å². The van der Waals surface area contributed by atoms with Gasteiger partial charge in [-0.05, 0) is 50.0 Å². The predicted octanol–water partition coefficient (Wildman–Crippen LogP) is 3.09. The Hall–Kier alpha value is -3.39. The average molecular weight is 448 g/mol. The number of fused-ring (bicyclic) bond motifs is 2. The standard InChI is InChI=1S/C25H29N5O3/c1-2-26-24(32)23-17-9-5-4-8-16(17)14-30(23)25(33)19-12-18-20(13-22(19)31)27-28-21(18)15-29-10-6-3-7-11-29/h4-5,8-9,12-13,23,31H,2-3,6-7,10-11,14-15H2,1H3,(H,26,32)(H,27,28). The molecule has 8 heteroatoms. The van der Waals surface area contributed by atoms with Gasteiger partial charge in [-0.2, -0.15) is 5.10 Å². The molecule has 1 aromatic heterocycles. The summed E-state index contributed by atoms with van der Waals surface area (Å²) in [6.45, 7) is 5.44. The van der Waals surface area contributed by atoms with Crippen molar-refractivity contribution in [2.45, 2.75) is 45.3 Å². The number of aromatic hydroxyl groups is 1. The topological polar surface area (TPSA) is 102 Å². The molecule has 0 saturated carbocycles. The first-order valence-corrected chi connectivity index (χ1v) is 11.7. The van der Waals surface area contributed by atoms with Crippen LogP contribution in [0.5, 0.6) is 5.75 Å². The lowest BCUT2D eigenvalue weighted by atomic mass is 10.0. The van der Waals surface area contributed by atoms with Crippen molar-refractivity contribution in [3.8, 4) is 5.75 Å². The van der Waals surface area contributed by atoms with E-state index in [2.05, 4.69) is 20.4 Å². The van der Waals surface area contributed by atoms with Crippen LogP contribution in [0.15, 0.2) is 36.4 Å². The summed E-state index contributed by atoms with van der Waals surface area (Å²) in [6, 6.07) is 10.2. The van der Waals surface area contributed by atoms with E-state index in [0.717, 1.165) is 35.3 Å². The Bertz CT molecular complexity index is 1200. The highest BCUT2D eigenvalue weighted by Gasteiger charge is 2.39. The molecule has 5 rings (SSSR count). The van der Waals surface area contributed by atoms with E-state index < -0.39 is 6.04 Å². The molecule has 2 amide bonds. The molecule has 0 radical (unpaired) electrons. The number of carbonyl (C=O) groups is 2. The normalized spacial score (nSPS) is 18.5. The summed E-state index contributed by atoms with van der Waals surface area (Å²) in [5.41, 5.74) is 3.51. The Balaban J connectivity index is 1.49. The zero-order chi connectivity index (χ0) is 22.9. The Labute approximate surface area is 192 Å². The number of amides is 2. The molecule has 0 spiro atoms. The third kappa shape index (κ3) is 3.95. The minimum atomic E-state index is -0.721. The molecule has 1 unspecified atom stereocenters. The maximum Gasteiger partial charge on any atom is 0.258 e. The number of rotatable bonds is 5. The summed E-state index contributed by atoms with van der Waals surface area (Å²) in [5, 5.41) is 21.8. The summed E-state index contributed by atoms with van der Waals surface area (Å²) in [6.07, 6.45) is 3.63. The van der Waals surface area contributed by atoms with Crippen LogP contribution in [0.1, 0.15) is 59.4 Å². The van der Waals surface area contributed by atoms with E-state index in [4.69, 9.17) is 0 Å². The Morgan fingerprint density at radius 1 is 1.18 bits per heavy atom. The second kappa shape index (κ2) is 8.86. The smallest absolute Gasteiger partial charge is 0.258 e. The van der Waals surface area contributed by atoms with E-state index in [1.807, 2.05) is 31.2 Å². The van der Waals surface area contributed by atoms with Gasteiger partial charge in [-0.15, -0.1) is 0 Å². The lowest BCUT2D eigenvalue weighted by Gasteiger charge is -2.26. The van der Waals surface area contributed by atoms with Gasteiger partial charge in [0.15, 0.2) is 0 Å². The van der Waals surface area contributed by atoms with Crippen LogP contribution in [0, 0.1) is 0 Å². The molecule has 1 saturated heterocycles. The summed E-state index contributed by atoms with van der Waals surface area (Å²) >= 11 is 0. The van der Waals surface area contributed by atoms with Crippen molar-refractivity contribution < 1.29 is 14.7 Å². The van der Waals surface area contributed by atoms with Crippen molar-refractivity contribution in [2.75, 3.05) is 19.6 Å². The van der Waals surface area contributed by atoms with Crippen LogP contribution >= 0.6 is 0 Å². The largest absolute Gasteiger partial charge is 0.507 e. The van der Waals surface area contributed by atoms with Gasteiger partial charge < -0.3 is 15.3 Å². The molecule has 2 aromatic carbocycles. The number of likely N-dealkylation sites (N-methyl/N-ethyl adjacent to an activating group) is 1. The van der Waals surface area contributed by atoms with Crippen LogP contribution in [0.2, 0.25) is 0 Å². The number of hydrogen-bond acceptors (Lipinski definition) is 5. The number of carbonyl (C=O) groups excluding carboxylic acids is 2. The van der Waals surface area contributed by atoms with Gasteiger partial charge >= 0.3 is 0 Å². The fourth-order valence-corrected chi connectivity index (χ4v) is 5.01. The molecule has 2 aliphatic heterocycles. The predicted molar refractivity (Wildman–Crippen MR) is 125 cm³/mol. The molecule has 2 aliphatic rings. The molecule has 172 valence electrons. The lowest BCUT2D eigenvalue weighted by molar-refractivity contribution is -0.125. The number of phenols is 1.